The summed E-state index contributed by atoms with van der Waals surface area (Å²) in [4.78, 5) is 12.0. The number of benzene rings is 2. The van der Waals surface area contributed by atoms with Crippen molar-refractivity contribution < 1.29 is 9.53 Å². The summed E-state index contributed by atoms with van der Waals surface area (Å²) >= 11 is 0. The van der Waals surface area contributed by atoms with Crippen molar-refractivity contribution in [2.75, 3.05) is 11.9 Å². The van der Waals surface area contributed by atoms with Gasteiger partial charge in [0, 0.05) is 11.3 Å². The predicted octanol–water partition coefficient (Wildman–Crippen LogP) is 4.36. The minimum atomic E-state index is -0.107. The molecular formula is C18H21NO2. The smallest absolute Gasteiger partial charge is 0.255 e. The highest BCUT2D eigenvalue weighted by Gasteiger charge is 2.05. The molecule has 1 N–H and O–H groups in total. The van der Waals surface area contributed by atoms with Gasteiger partial charge in [-0.1, -0.05) is 32.0 Å². The Labute approximate surface area is 126 Å². The van der Waals surface area contributed by atoms with Gasteiger partial charge in [0.05, 0.1) is 6.61 Å². The lowest BCUT2D eigenvalue weighted by molar-refractivity contribution is 0.102. The number of rotatable bonds is 6. The number of carbonyl (C=O) groups is 1. The summed E-state index contributed by atoms with van der Waals surface area (Å²) in [6.07, 6.45) is 1.03. The standard InChI is InChI=1S/C18H21NO2/c1-14(2)12-13-21-17-10-8-16(9-11-17)19-18(20)15-6-4-3-5-7-15/h3-11,14H,12-13H2,1-2H3,(H,19,20). The Hall–Kier alpha value is -2.29. The van der Waals surface area contributed by atoms with Crippen molar-refractivity contribution in [3.8, 4) is 5.75 Å². The van der Waals surface area contributed by atoms with E-state index in [2.05, 4.69) is 19.2 Å². The normalized spacial score (nSPS) is 10.4. The fourth-order valence-electron chi connectivity index (χ4n) is 1.84. The lowest BCUT2D eigenvalue weighted by Crippen LogP contribution is -2.11. The molecule has 0 radical (unpaired) electrons. The van der Waals surface area contributed by atoms with Crippen LogP contribution in [0.2, 0.25) is 0 Å². The Morgan fingerprint density at radius 3 is 2.33 bits per heavy atom. The third kappa shape index (κ3) is 4.95. The third-order valence-corrected chi connectivity index (χ3v) is 3.11. The highest BCUT2D eigenvalue weighted by Crippen LogP contribution is 2.17. The summed E-state index contributed by atoms with van der Waals surface area (Å²) in [7, 11) is 0. The molecule has 0 unspecified atom stereocenters. The van der Waals surface area contributed by atoms with E-state index >= 15 is 0 Å². The minimum absolute atomic E-state index is 0.107. The lowest BCUT2D eigenvalue weighted by atomic mass is 10.1. The Kier molecular flexibility index (Phi) is 5.38. The fourth-order valence-corrected chi connectivity index (χ4v) is 1.84. The molecule has 0 aliphatic rings. The van der Waals surface area contributed by atoms with E-state index in [-0.39, 0.29) is 5.91 Å². The number of ether oxygens (including phenoxy) is 1. The van der Waals surface area contributed by atoms with Crippen LogP contribution in [-0.2, 0) is 0 Å². The van der Waals surface area contributed by atoms with E-state index in [0.717, 1.165) is 17.9 Å². The van der Waals surface area contributed by atoms with Gasteiger partial charge < -0.3 is 10.1 Å². The van der Waals surface area contributed by atoms with Gasteiger partial charge >= 0.3 is 0 Å². The van der Waals surface area contributed by atoms with Gasteiger partial charge in [0.1, 0.15) is 5.75 Å². The number of carbonyl (C=O) groups excluding carboxylic acids is 1. The highest BCUT2D eigenvalue weighted by atomic mass is 16.5. The van der Waals surface area contributed by atoms with E-state index in [1.165, 1.54) is 0 Å². The molecule has 0 heterocycles. The number of amides is 1. The van der Waals surface area contributed by atoms with Gasteiger partial charge in [-0.25, -0.2) is 0 Å². The molecule has 1 amide bonds. The summed E-state index contributed by atoms with van der Waals surface area (Å²) in [5.41, 5.74) is 1.41. The van der Waals surface area contributed by atoms with Crippen LogP contribution in [0.4, 0.5) is 5.69 Å². The SMILES string of the molecule is CC(C)CCOc1ccc(NC(=O)c2ccccc2)cc1. The molecule has 0 aromatic heterocycles. The molecule has 110 valence electrons. The second-order valence-corrected chi connectivity index (χ2v) is 5.38. The average molecular weight is 283 g/mol. The van der Waals surface area contributed by atoms with Gasteiger partial charge in [-0.3, -0.25) is 4.79 Å². The van der Waals surface area contributed by atoms with Gasteiger partial charge in [-0.05, 0) is 48.7 Å². The van der Waals surface area contributed by atoms with Crippen LogP contribution in [0.1, 0.15) is 30.6 Å². The van der Waals surface area contributed by atoms with E-state index in [1.807, 2.05) is 42.5 Å². The molecule has 0 spiro atoms. The van der Waals surface area contributed by atoms with Crippen LogP contribution in [0, 0.1) is 5.92 Å². The molecule has 2 aromatic rings. The molecule has 0 bridgehead atoms. The van der Waals surface area contributed by atoms with Crippen LogP contribution < -0.4 is 10.1 Å². The van der Waals surface area contributed by atoms with Crippen LogP contribution >= 0.6 is 0 Å². The monoisotopic (exact) mass is 283 g/mol. The first-order valence-corrected chi connectivity index (χ1v) is 7.24. The summed E-state index contributed by atoms with van der Waals surface area (Å²) in [6.45, 7) is 5.06. The maximum atomic E-state index is 12.0. The van der Waals surface area contributed by atoms with Crippen molar-refractivity contribution in [3.63, 3.8) is 0 Å². The molecule has 3 nitrogen and oxygen atoms in total. The molecule has 0 atom stereocenters. The number of hydrogen-bond donors (Lipinski definition) is 1. The first-order valence-electron chi connectivity index (χ1n) is 7.24. The third-order valence-electron chi connectivity index (χ3n) is 3.11. The van der Waals surface area contributed by atoms with Crippen molar-refractivity contribution in [1.29, 1.82) is 0 Å². The van der Waals surface area contributed by atoms with Crippen LogP contribution in [-0.4, -0.2) is 12.5 Å². The maximum Gasteiger partial charge on any atom is 0.255 e. The predicted molar refractivity (Wildman–Crippen MR) is 85.8 cm³/mol. The second kappa shape index (κ2) is 7.48. The largest absolute Gasteiger partial charge is 0.494 e. The van der Waals surface area contributed by atoms with Crippen molar-refractivity contribution in [2.24, 2.45) is 5.92 Å². The van der Waals surface area contributed by atoms with Gasteiger partial charge in [-0.15, -0.1) is 0 Å². The molecular weight excluding hydrogens is 262 g/mol. The van der Waals surface area contributed by atoms with Crippen LogP contribution in [0.15, 0.2) is 54.6 Å². The molecule has 3 heteroatoms. The molecule has 2 rings (SSSR count). The van der Waals surface area contributed by atoms with E-state index in [9.17, 15) is 4.79 Å². The van der Waals surface area contributed by atoms with Gasteiger partial charge in [-0.2, -0.15) is 0 Å². The molecule has 0 aliphatic carbocycles. The topological polar surface area (TPSA) is 38.3 Å². The minimum Gasteiger partial charge on any atom is -0.494 e. The Bertz CT molecular complexity index is 562. The van der Waals surface area contributed by atoms with Gasteiger partial charge in [0.15, 0.2) is 0 Å². The Morgan fingerprint density at radius 2 is 1.71 bits per heavy atom. The van der Waals surface area contributed by atoms with E-state index < -0.39 is 0 Å². The van der Waals surface area contributed by atoms with E-state index in [4.69, 9.17) is 4.74 Å². The van der Waals surface area contributed by atoms with Crippen LogP contribution in [0.5, 0.6) is 5.75 Å². The number of hydrogen-bond acceptors (Lipinski definition) is 2. The quantitative estimate of drug-likeness (QED) is 0.855. The molecule has 0 saturated carbocycles. The summed E-state index contributed by atoms with van der Waals surface area (Å²) < 4.78 is 5.65. The first kappa shape index (κ1) is 15.1. The molecule has 0 aliphatic heterocycles. The average Bonchev–Trinajstić information content (AvgIpc) is 2.49. The zero-order valence-corrected chi connectivity index (χ0v) is 12.5. The van der Waals surface area contributed by atoms with Gasteiger partial charge in [0.25, 0.3) is 5.91 Å². The number of anilines is 1. The molecule has 0 fully saturated rings. The van der Waals surface area contributed by atoms with Crippen molar-refractivity contribution in [2.45, 2.75) is 20.3 Å². The zero-order chi connectivity index (χ0) is 15.1. The van der Waals surface area contributed by atoms with Crippen molar-refractivity contribution >= 4 is 11.6 Å². The van der Waals surface area contributed by atoms with E-state index in [1.54, 1.807) is 12.1 Å². The van der Waals surface area contributed by atoms with E-state index in [0.29, 0.717) is 18.1 Å². The zero-order valence-electron chi connectivity index (χ0n) is 12.5. The van der Waals surface area contributed by atoms with Gasteiger partial charge in [0.2, 0.25) is 0 Å². The highest BCUT2D eigenvalue weighted by molar-refractivity contribution is 6.04. The first-order chi connectivity index (χ1) is 10.1. The Morgan fingerprint density at radius 1 is 1.05 bits per heavy atom. The summed E-state index contributed by atoms with van der Waals surface area (Å²) in [6, 6.07) is 16.6. The molecule has 2 aromatic carbocycles. The van der Waals surface area contributed by atoms with Crippen molar-refractivity contribution in [3.05, 3.63) is 60.2 Å². The number of nitrogens with one attached hydrogen (secondary N) is 1. The van der Waals surface area contributed by atoms with Crippen molar-refractivity contribution in [1.82, 2.24) is 0 Å². The summed E-state index contributed by atoms with van der Waals surface area (Å²) in [5, 5.41) is 2.87. The molecule has 21 heavy (non-hydrogen) atoms. The van der Waals surface area contributed by atoms with Crippen LogP contribution in [0.25, 0.3) is 0 Å². The maximum absolute atomic E-state index is 12.0. The summed E-state index contributed by atoms with van der Waals surface area (Å²) in [5.74, 6) is 1.35. The second-order valence-electron chi connectivity index (χ2n) is 5.38. The fraction of sp³-hybridized carbons (Fsp3) is 0.278. The molecule has 0 saturated heterocycles. The lowest BCUT2D eigenvalue weighted by Gasteiger charge is -2.09. The van der Waals surface area contributed by atoms with Crippen LogP contribution in [0.3, 0.4) is 0 Å². The Balaban J connectivity index is 1.89.